The Kier molecular flexibility index (Phi) is 3.02. The molecule has 3 heterocycles. The van der Waals surface area contributed by atoms with Crippen molar-refractivity contribution in [2.24, 2.45) is 0 Å². The zero-order valence-corrected chi connectivity index (χ0v) is 11.9. The highest BCUT2D eigenvalue weighted by molar-refractivity contribution is 5.98. The van der Waals surface area contributed by atoms with Gasteiger partial charge in [0.1, 0.15) is 18.0 Å². The van der Waals surface area contributed by atoms with Gasteiger partial charge in [-0.1, -0.05) is 0 Å². The minimum absolute atomic E-state index is 0.108. The van der Waals surface area contributed by atoms with E-state index in [0.717, 1.165) is 18.2 Å². The Balaban J connectivity index is 2.05. The number of fused-ring (bicyclic) bond motifs is 1. The fraction of sp³-hybridized carbons (Fsp3) is 0. The van der Waals surface area contributed by atoms with E-state index in [9.17, 15) is 13.2 Å². The average Bonchev–Trinajstić information content (AvgIpc) is 3.19. The van der Waals surface area contributed by atoms with Crippen LogP contribution in [-0.4, -0.2) is 25.1 Å². The van der Waals surface area contributed by atoms with Crippen LogP contribution < -0.4 is 5.73 Å². The molecule has 0 saturated carbocycles. The first-order chi connectivity index (χ1) is 11.5. The predicted molar refractivity (Wildman–Crippen MR) is 81.2 cm³/mol. The van der Waals surface area contributed by atoms with E-state index < -0.39 is 17.5 Å². The molecule has 0 radical (unpaired) electrons. The molecule has 0 aliphatic carbocycles. The van der Waals surface area contributed by atoms with Crippen molar-refractivity contribution in [1.82, 2.24) is 25.1 Å². The molecule has 0 amide bonds. The molecule has 24 heavy (non-hydrogen) atoms. The molecule has 0 bridgehead atoms. The predicted octanol–water partition coefficient (Wildman–Crippen LogP) is 3.01. The van der Waals surface area contributed by atoms with Crippen molar-refractivity contribution in [2.45, 2.75) is 0 Å². The quantitative estimate of drug-likeness (QED) is 0.526. The second kappa shape index (κ2) is 5.08. The minimum Gasteiger partial charge on any atom is -0.381 e. The number of hydrogen-bond acceptors (Lipinski definition) is 4. The number of aromatic amines is 2. The maximum atomic E-state index is 13.9. The molecule has 4 rings (SSSR count). The molecule has 4 N–H and O–H groups in total. The van der Waals surface area contributed by atoms with Crippen molar-refractivity contribution in [1.29, 1.82) is 0 Å². The normalized spacial score (nSPS) is 11.3. The van der Waals surface area contributed by atoms with E-state index >= 15 is 0 Å². The highest BCUT2D eigenvalue weighted by atomic mass is 19.1. The third kappa shape index (κ3) is 2.09. The number of hydrogen-bond donors (Lipinski definition) is 3. The van der Waals surface area contributed by atoms with Crippen LogP contribution in [0.2, 0.25) is 0 Å². The van der Waals surface area contributed by atoms with Crippen LogP contribution >= 0.6 is 0 Å². The Bertz CT molecular complexity index is 1050. The molecular formula is C15H9F3N6. The summed E-state index contributed by atoms with van der Waals surface area (Å²) in [6.45, 7) is 0. The number of nitrogen functional groups attached to an aromatic ring is 1. The number of nitrogens with zero attached hydrogens (tertiary/aromatic N) is 3. The van der Waals surface area contributed by atoms with Crippen LogP contribution in [-0.2, 0) is 0 Å². The highest BCUT2D eigenvalue weighted by Crippen LogP contribution is 2.36. The second-order valence-electron chi connectivity index (χ2n) is 5.09. The van der Waals surface area contributed by atoms with Gasteiger partial charge in [0.2, 0.25) is 0 Å². The summed E-state index contributed by atoms with van der Waals surface area (Å²) < 4.78 is 41.3. The highest BCUT2D eigenvalue weighted by Gasteiger charge is 2.20. The Hall–Kier alpha value is -3.36. The molecule has 6 nitrogen and oxygen atoms in total. The molecule has 0 unspecified atom stereocenters. The summed E-state index contributed by atoms with van der Waals surface area (Å²) in [5.41, 5.74) is 6.48. The molecular weight excluding hydrogens is 321 g/mol. The summed E-state index contributed by atoms with van der Waals surface area (Å²) in [4.78, 5) is 10.7. The van der Waals surface area contributed by atoms with E-state index in [-0.39, 0.29) is 33.8 Å². The maximum Gasteiger partial charge on any atom is 0.183 e. The molecule has 0 aliphatic rings. The number of nitrogens with one attached hydrogen (secondary N) is 2. The average molecular weight is 330 g/mol. The van der Waals surface area contributed by atoms with Crippen molar-refractivity contribution in [3.8, 4) is 22.6 Å². The Morgan fingerprint density at radius 2 is 1.83 bits per heavy atom. The Morgan fingerprint density at radius 3 is 2.58 bits per heavy atom. The van der Waals surface area contributed by atoms with Crippen molar-refractivity contribution in [2.75, 3.05) is 5.73 Å². The molecule has 120 valence electrons. The van der Waals surface area contributed by atoms with Gasteiger partial charge in [0.15, 0.2) is 17.5 Å². The lowest BCUT2D eigenvalue weighted by Gasteiger charge is -2.07. The van der Waals surface area contributed by atoms with Gasteiger partial charge in [-0.25, -0.2) is 23.1 Å². The van der Waals surface area contributed by atoms with Crippen molar-refractivity contribution < 1.29 is 13.2 Å². The summed E-state index contributed by atoms with van der Waals surface area (Å²) in [7, 11) is 0. The first-order valence-electron chi connectivity index (χ1n) is 6.83. The molecule has 0 saturated heterocycles. The van der Waals surface area contributed by atoms with Crippen LogP contribution in [0.25, 0.3) is 33.5 Å². The SMILES string of the molecule is Nc1nc(-c2c[nH]c3c(F)cc(F)cc23)c(-c2nc[nH]n2)cc1F. The number of halogens is 3. The topological polar surface area (TPSA) is 96.3 Å². The summed E-state index contributed by atoms with van der Waals surface area (Å²) in [5.74, 6) is -2.38. The monoisotopic (exact) mass is 330 g/mol. The van der Waals surface area contributed by atoms with E-state index in [1.807, 2.05) is 0 Å². The molecule has 0 spiro atoms. The van der Waals surface area contributed by atoms with E-state index in [2.05, 4.69) is 25.1 Å². The maximum absolute atomic E-state index is 13.9. The Morgan fingerprint density at radius 1 is 1.00 bits per heavy atom. The first-order valence-corrected chi connectivity index (χ1v) is 6.83. The smallest absolute Gasteiger partial charge is 0.183 e. The Labute approximate surface area is 132 Å². The van der Waals surface area contributed by atoms with Gasteiger partial charge >= 0.3 is 0 Å². The fourth-order valence-electron chi connectivity index (χ4n) is 2.57. The molecule has 3 aromatic heterocycles. The van der Waals surface area contributed by atoms with Crippen molar-refractivity contribution in [3.63, 3.8) is 0 Å². The number of rotatable bonds is 2. The molecule has 9 heteroatoms. The van der Waals surface area contributed by atoms with Crippen LogP contribution in [0.3, 0.4) is 0 Å². The molecule has 0 atom stereocenters. The number of pyridine rings is 1. The van der Waals surface area contributed by atoms with Gasteiger partial charge < -0.3 is 10.7 Å². The van der Waals surface area contributed by atoms with Crippen LogP contribution in [0, 0.1) is 17.5 Å². The third-order valence-corrected chi connectivity index (χ3v) is 3.62. The molecule has 1 aromatic carbocycles. The van der Waals surface area contributed by atoms with Gasteiger partial charge in [-0.3, -0.25) is 5.10 Å². The van der Waals surface area contributed by atoms with Crippen LogP contribution in [0.4, 0.5) is 19.0 Å². The fourth-order valence-corrected chi connectivity index (χ4v) is 2.57. The number of nitrogens with two attached hydrogens (primary N) is 1. The van der Waals surface area contributed by atoms with E-state index in [1.54, 1.807) is 0 Å². The summed E-state index contributed by atoms with van der Waals surface area (Å²) in [5, 5.41) is 6.67. The lowest BCUT2D eigenvalue weighted by atomic mass is 10.0. The van der Waals surface area contributed by atoms with Crippen molar-refractivity contribution >= 4 is 16.7 Å². The number of benzene rings is 1. The van der Waals surface area contributed by atoms with Crippen LogP contribution in [0.15, 0.2) is 30.7 Å². The standard InChI is InChI=1S/C15H9F3N6/c16-6-1-7-9(4-20-13(7)10(17)2-6)12-8(15-21-5-22-24-15)3-11(18)14(19)23-12/h1-5,20H,(H2,19,23)(H,21,22,24). The van der Waals surface area contributed by atoms with Gasteiger partial charge in [-0.15, -0.1) is 0 Å². The zero-order valence-electron chi connectivity index (χ0n) is 11.9. The minimum atomic E-state index is -0.745. The number of anilines is 1. The zero-order chi connectivity index (χ0) is 16.8. The van der Waals surface area contributed by atoms with Gasteiger partial charge in [0.25, 0.3) is 0 Å². The van der Waals surface area contributed by atoms with Gasteiger partial charge in [0.05, 0.1) is 16.8 Å². The molecule has 4 aromatic rings. The van der Waals surface area contributed by atoms with Gasteiger partial charge in [-0.2, -0.15) is 5.10 Å². The number of aromatic nitrogens is 5. The largest absolute Gasteiger partial charge is 0.381 e. The lowest BCUT2D eigenvalue weighted by Crippen LogP contribution is -2.00. The van der Waals surface area contributed by atoms with E-state index in [0.29, 0.717) is 5.56 Å². The second-order valence-corrected chi connectivity index (χ2v) is 5.09. The summed E-state index contributed by atoms with van der Waals surface area (Å²) in [6.07, 6.45) is 2.77. The third-order valence-electron chi connectivity index (χ3n) is 3.62. The summed E-state index contributed by atoms with van der Waals surface area (Å²) in [6, 6.07) is 3.06. The van der Waals surface area contributed by atoms with E-state index in [1.165, 1.54) is 12.5 Å². The van der Waals surface area contributed by atoms with Gasteiger partial charge in [-0.05, 0) is 12.1 Å². The lowest BCUT2D eigenvalue weighted by molar-refractivity contribution is 0.591. The van der Waals surface area contributed by atoms with Crippen molar-refractivity contribution in [3.05, 3.63) is 48.2 Å². The van der Waals surface area contributed by atoms with Crippen LogP contribution in [0.1, 0.15) is 0 Å². The number of H-pyrrole nitrogens is 2. The van der Waals surface area contributed by atoms with Gasteiger partial charge in [0, 0.05) is 23.2 Å². The first kappa shape index (κ1) is 14.2. The molecule has 0 fully saturated rings. The van der Waals surface area contributed by atoms with Crippen LogP contribution in [0.5, 0.6) is 0 Å². The van der Waals surface area contributed by atoms with E-state index in [4.69, 9.17) is 5.73 Å². The summed E-state index contributed by atoms with van der Waals surface area (Å²) >= 11 is 0. The molecule has 0 aliphatic heterocycles.